The Morgan fingerprint density at radius 3 is 2.57 bits per heavy atom. The van der Waals surface area contributed by atoms with Crippen molar-refractivity contribution < 1.29 is 8.42 Å². The van der Waals surface area contributed by atoms with Gasteiger partial charge in [0.2, 0.25) is 0 Å². The lowest BCUT2D eigenvalue weighted by Gasteiger charge is -2.33. The molecule has 0 radical (unpaired) electrons. The Labute approximate surface area is 133 Å². The van der Waals surface area contributed by atoms with E-state index in [1.807, 2.05) is 22.9 Å². The zero-order valence-corrected chi connectivity index (χ0v) is 13.9. The molecule has 3 rings (SSSR count). The van der Waals surface area contributed by atoms with Crippen LogP contribution in [0.25, 0.3) is 0 Å². The second kappa shape index (κ2) is 5.20. The number of rotatable bonds is 2. The van der Waals surface area contributed by atoms with E-state index in [-0.39, 0.29) is 17.5 Å². The molecule has 0 aliphatic carbocycles. The topological polar surface area (TPSA) is 86.3 Å². The van der Waals surface area contributed by atoms with Crippen LogP contribution in [0.15, 0.2) is 39.0 Å². The predicted molar refractivity (Wildman–Crippen MR) is 83.7 cm³/mol. The van der Waals surface area contributed by atoms with E-state index < -0.39 is 21.3 Å². The van der Waals surface area contributed by atoms with Gasteiger partial charge in [0.15, 0.2) is 4.90 Å². The van der Waals surface area contributed by atoms with Gasteiger partial charge in [0.05, 0.1) is 6.04 Å². The minimum Gasteiger partial charge on any atom is -0.349 e. The lowest BCUT2D eigenvalue weighted by molar-refractivity contribution is 0.281. The van der Waals surface area contributed by atoms with Crippen molar-refractivity contribution in [1.82, 2.24) is 18.0 Å². The van der Waals surface area contributed by atoms with E-state index in [4.69, 9.17) is 0 Å². The summed E-state index contributed by atoms with van der Waals surface area (Å²) in [6.07, 6.45) is 3.00. The molecular formula is C14H18N4O4S. The highest BCUT2D eigenvalue weighted by molar-refractivity contribution is 7.89. The van der Waals surface area contributed by atoms with E-state index in [0.29, 0.717) is 6.54 Å². The van der Waals surface area contributed by atoms with Crippen LogP contribution >= 0.6 is 0 Å². The van der Waals surface area contributed by atoms with E-state index >= 15 is 0 Å². The summed E-state index contributed by atoms with van der Waals surface area (Å²) in [6, 6.07) is 3.35. The normalized spacial score (nSPS) is 18.8. The maximum absolute atomic E-state index is 13.0. The molecular weight excluding hydrogens is 320 g/mol. The SMILES string of the molecule is CC1c2cccn2CCN1S(=O)(=O)c1cn(C)c(=O)n(C)c1=O. The average molecular weight is 338 g/mol. The first-order chi connectivity index (χ1) is 10.7. The molecule has 0 N–H and O–H groups in total. The van der Waals surface area contributed by atoms with Crippen molar-refractivity contribution in [3.63, 3.8) is 0 Å². The van der Waals surface area contributed by atoms with Crippen LogP contribution in [0, 0.1) is 0 Å². The number of hydrogen-bond acceptors (Lipinski definition) is 4. The fourth-order valence-electron chi connectivity index (χ4n) is 2.96. The molecule has 2 aromatic rings. The fraction of sp³-hybridized carbons (Fsp3) is 0.429. The highest BCUT2D eigenvalue weighted by Gasteiger charge is 2.36. The Morgan fingerprint density at radius 2 is 1.87 bits per heavy atom. The molecule has 2 aromatic heterocycles. The Balaban J connectivity index is 2.14. The number of aromatic nitrogens is 3. The quantitative estimate of drug-likeness (QED) is 0.749. The van der Waals surface area contributed by atoms with Gasteiger partial charge in [-0.3, -0.25) is 9.36 Å². The van der Waals surface area contributed by atoms with Gasteiger partial charge >= 0.3 is 5.69 Å². The Morgan fingerprint density at radius 1 is 1.17 bits per heavy atom. The van der Waals surface area contributed by atoms with Crippen LogP contribution in [0.5, 0.6) is 0 Å². The van der Waals surface area contributed by atoms with Gasteiger partial charge in [-0.2, -0.15) is 4.31 Å². The number of nitrogens with zero attached hydrogens (tertiary/aromatic N) is 4. The van der Waals surface area contributed by atoms with E-state index in [1.165, 1.54) is 18.4 Å². The molecule has 1 unspecified atom stereocenters. The lowest BCUT2D eigenvalue weighted by atomic mass is 10.2. The summed E-state index contributed by atoms with van der Waals surface area (Å²) in [5.74, 6) is 0. The van der Waals surface area contributed by atoms with Crippen LogP contribution in [-0.4, -0.2) is 33.0 Å². The van der Waals surface area contributed by atoms with E-state index in [1.54, 1.807) is 6.92 Å². The Hall–Kier alpha value is -2.13. The highest BCUT2D eigenvalue weighted by Crippen LogP contribution is 2.29. The Bertz CT molecular complexity index is 983. The van der Waals surface area contributed by atoms with Crippen molar-refractivity contribution in [2.75, 3.05) is 6.54 Å². The van der Waals surface area contributed by atoms with Gasteiger partial charge in [-0.05, 0) is 19.1 Å². The van der Waals surface area contributed by atoms with Crippen LogP contribution in [0.1, 0.15) is 18.7 Å². The van der Waals surface area contributed by atoms with Crippen molar-refractivity contribution in [2.24, 2.45) is 14.1 Å². The third-order valence-corrected chi connectivity index (χ3v) is 6.24. The summed E-state index contributed by atoms with van der Waals surface area (Å²) in [5, 5.41) is 0. The standard InChI is InChI=1S/C14H18N4O4S/c1-10-11-5-4-6-17(11)7-8-18(10)23(21,22)12-9-15(2)14(20)16(3)13(12)19/h4-6,9-10H,7-8H2,1-3H3. The third-order valence-electron chi connectivity index (χ3n) is 4.29. The molecule has 8 nitrogen and oxygen atoms in total. The van der Waals surface area contributed by atoms with Crippen molar-refractivity contribution >= 4 is 10.0 Å². The molecule has 124 valence electrons. The van der Waals surface area contributed by atoms with Crippen LogP contribution in [-0.2, 0) is 30.7 Å². The number of sulfonamides is 1. The number of aryl methyl sites for hydroxylation is 1. The second-order valence-corrected chi connectivity index (χ2v) is 7.53. The van der Waals surface area contributed by atoms with Crippen LogP contribution < -0.4 is 11.2 Å². The van der Waals surface area contributed by atoms with Crippen molar-refractivity contribution in [3.8, 4) is 0 Å². The summed E-state index contributed by atoms with van der Waals surface area (Å²) < 4.78 is 31.1. The number of fused-ring (bicyclic) bond motifs is 1. The van der Waals surface area contributed by atoms with Gasteiger partial charge in [-0.1, -0.05) is 0 Å². The molecule has 0 aromatic carbocycles. The summed E-state index contributed by atoms with van der Waals surface area (Å²) in [4.78, 5) is 23.6. The average Bonchev–Trinajstić information content (AvgIpc) is 2.98. The molecule has 0 spiro atoms. The first kappa shape index (κ1) is 15.8. The summed E-state index contributed by atoms with van der Waals surface area (Å²) >= 11 is 0. The number of hydrogen-bond donors (Lipinski definition) is 0. The smallest absolute Gasteiger partial charge is 0.330 e. The largest absolute Gasteiger partial charge is 0.349 e. The molecule has 0 saturated heterocycles. The van der Waals surface area contributed by atoms with Crippen LogP contribution in [0.4, 0.5) is 0 Å². The van der Waals surface area contributed by atoms with Crippen LogP contribution in [0.2, 0.25) is 0 Å². The van der Waals surface area contributed by atoms with E-state index in [9.17, 15) is 18.0 Å². The summed E-state index contributed by atoms with van der Waals surface area (Å²) in [5.41, 5.74) is -0.489. The maximum Gasteiger partial charge on any atom is 0.330 e. The maximum atomic E-state index is 13.0. The summed E-state index contributed by atoms with van der Waals surface area (Å²) in [7, 11) is -1.30. The monoisotopic (exact) mass is 338 g/mol. The van der Waals surface area contributed by atoms with E-state index in [2.05, 4.69) is 0 Å². The molecule has 3 heterocycles. The predicted octanol–water partition coefficient (Wildman–Crippen LogP) is -0.349. The first-order valence-corrected chi connectivity index (χ1v) is 8.62. The molecule has 1 atom stereocenters. The van der Waals surface area contributed by atoms with Crippen molar-refractivity contribution in [3.05, 3.63) is 51.1 Å². The highest BCUT2D eigenvalue weighted by atomic mass is 32.2. The van der Waals surface area contributed by atoms with Crippen molar-refractivity contribution in [2.45, 2.75) is 24.4 Å². The van der Waals surface area contributed by atoms with Gasteiger partial charge in [0.25, 0.3) is 15.6 Å². The molecule has 0 bridgehead atoms. The van der Waals surface area contributed by atoms with Gasteiger partial charge in [-0.25, -0.2) is 13.2 Å². The molecule has 0 fully saturated rings. The summed E-state index contributed by atoms with van der Waals surface area (Å²) in [6.45, 7) is 2.59. The first-order valence-electron chi connectivity index (χ1n) is 7.18. The van der Waals surface area contributed by atoms with E-state index in [0.717, 1.165) is 21.0 Å². The molecule has 1 aliphatic rings. The lowest BCUT2D eigenvalue weighted by Crippen LogP contribution is -2.45. The minimum absolute atomic E-state index is 0.275. The van der Waals surface area contributed by atoms with Gasteiger partial charge < -0.3 is 9.13 Å². The van der Waals surface area contributed by atoms with Gasteiger partial charge in [0.1, 0.15) is 0 Å². The van der Waals surface area contributed by atoms with Crippen LogP contribution in [0.3, 0.4) is 0 Å². The Kier molecular flexibility index (Phi) is 3.56. The van der Waals surface area contributed by atoms with Gasteiger partial charge in [-0.15, -0.1) is 0 Å². The molecule has 0 amide bonds. The zero-order valence-electron chi connectivity index (χ0n) is 13.1. The molecule has 9 heteroatoms. The molecule has 23 heavy (non-hydrogen) atoms. The van der Waals surface area contributed by atoms with Crippen molar-refractivity contribution in [1.29, 1.82) is 0 Å². The minimum atomic E-state index is -4.00. The van der Waals surface area contributed by atoms with Gasteiger partial charge in [0, 0.05) is 45.3 Å². The third kappa shape index (κ3) is 2.27. The molecule has 0 saturated carbocycles. The molecule has 1 aliphatic heterocycles. The zero-order chi connectivity index (χ0) is 16.9. The second-order valence-electron chi connectivity index (χ2n) is 5.67. The fourth-order valence-corrected chi connectivity index (χ4v) is 4.71.